The van der Waals surface area contributed by atoms with Gasteiger partial charge in [0.1, 0.15) is 0 Å². The van der Waals surface area contributed by atoms with Crippen LogP contribution in [0.4, 0.5) is 0 Å². The Kier molecular flexibility index (Phi) is 6.02. The van der Waals surface area contributed by atoms with Gasteiger partial charge in [-0.3, -0.25) is 9.59 Å². The van der Waals surface area contributed by atoms with Crippen molar-refractivity contribution in [1.82, 2.24) is 5.32 Å². The zero-order chi connectivity index (χ0) is 14.3. The second-order valence-corrected chi connectivity index (χ2v) is 4.50. The van der Waals surface area contributed by atoms with Gasteiger partial charge in [0.2, 0.25) is 5.91 Å². The molecule has 0 radical (unpaired) electrons. The van der Waals surface area contributed by atoms with Gasteiger partial charge in [0.15, 0.2) is 0 Å². The third-order valence-corrected chi connectivity index (χ3v) is 2.82. The molecular formula is C14H19NO4. The molecule has 0 saturated heterocycles. The molecule has 1 unspecified atom stereocenters. The van der Waals surface area contributed by atoms with Crippen LogP contribution < -0.4 is 5.32 Å². The number of aliphatic hydroxyl groups is 1. The van der Waals surface area contributed by atoms with Gasteiger partial charge in [-0.15, -0.1) is 0 Å². The lowest BCUT2D eigenvalue weighted by Crippen LogP contribution is -2.31. The molecular weight excluding hydrogens is 246 g/mol. The molecule has 0 spiro atoms. The number of carbonyl (C=O) groups is 2. The van der Waals surface area contributed by atoms with E-state index in [1.807, 2.05) is 31.2 Å². The van der Waals surface area contributed by atoms with Gasteiger partial charge in [0, 0.05) is 13.0 Å². The molecule has 0 aromatic heterocycles. The summed E-state index contributed by atoms with van der Waals surface area (Å²) in [6, 6.07) is 7.58. The Morgan fingerprint density at radius 1 is 1.26 bits per heavy atom. The average Bonchev–Trinajstić information content (AvgIpc) is 2.38. The van der Waals surface area contributed by atoms with Crippen molar-refractivity contribution in [2.24, 2.45) is 5.92 Å². The summed E-state index contributed by atoms with van der Waals surface area (Å²) in [6.45, 7) is 1.96. The number of hydrogen-bond donors (Lipinski definition) is 3. The molecule has 1 aromatic carbocycles. The second-order valence-electron chi connectivity index (χ2n) is 4.50. The Labute approximate surface area is 112 Å². The second kappa shape index (κ2) is 7.53. The predicted octanol–water partition coefficient (Wildman–Crippen LogP) is 0.737. The van der Waals surface area contributed by atoms with Crippen molar-refractivity contribution >= 4 is 11.9 Å². The molecule has 0 saturated carbocycles. The largest absolute Gasteiger partial charge is 0.481 e. The number of benzene rings is 1. The van der Waals surface area contributed by atoms with Gasteiger partial charge in [0.05, 0.1) is 12.5 Å². The summed E-state index contributed by atoms with van der Waals surface area (Å²) < 4.78 is 0. The van der Waals surface area contributed by atoms with Crippen LogP contribution in [-0.2, 0) is 16.0 Å². The average molecular weight is 265 g/mol. The molecule has 5 heteroatoms. The summed E-state index contributed by atoms with van der Waals surface area (Å²) in [4.78, 5) is 22.6. The maximum atomic E-state index is 11.5. The number of carbonyl (C=O) groups excluding carboxylic acids is 1. The van der Waals surface area contributed by atoms with E-state index in [0.717, 1.165) is 11.1 Å². The Hall–Kier alpha value is -1.88. The molecule has 0 fully saturated rings. The highest BCUT2D eigenvalue weighted by Crippen LogP contribution is 2.13. The Balaban J connectivity index is 2.60. The highest BCUT2D eigenvalue weighted by Gasteiger charge is 2.21. The van der Waals surface area contributed by atoms with Crippen LogP contribution in [0.15, 0.2) is 24.3 Å². The standard InChI is InChI=1S/C14H19NO4/c1-10-2-4-11(5-3-10)8-12(14(18)19)9-13(17)15-6-7-16/h2-5,12,16H,6-9H2,1H3,(H,15,17)(H,18,19). The monoisotopic (exact) mass is 265 g/mol. The quantitative estimate of drug-likeness (QED) is 0.678. The van der Waals surface area contributed by atoms with Gasteiger partial charge < -0.3 is 15.5 Å². The third-order valence-electron chi connectivity index (χ3n) is 2.82. The van der Waals surface area contributed by atoms with Crippen molar-refractivity contribution in [2.45, 2.75) is 19.8 Å². The van der Waals surface area contributed by atoms with E-state index in [1.165, 1.54) is 0 Å². The minimum absolute atomic E-state index is 0.0801. The summed E-state index contributed by atoms with van der Waals surface area (Å²) in [5, 5.41) is 20.2. The van der Waals surface area contributed by atoms with Crippen molar-refractivity contribution in [3.8, 4) is 0 Å². The number of carboxylic acids is 1. The first kappa shape index (κ1) is 15.2. The summed E-state index contributed by atoms with van der Waals surface area (Å²) in [5.41, 5.74) is 2.00. The van der Waals surface area contributed by atoms with Crippen molar-refractivity contribution < 1.29 is 19.8 Å². The Morgan fingerprint density at radius 3 is 2.42 bits per heavy atom. The summed E-state index contributed by atoms with van der Waals surface area (Å²) in [7, 11) is 0. The minimum Gasteiger partial charge on any atom is -0.481 e. The first-order chi connectivity index (χ1) is 9.02. The van der Waals surface area contributed by atoms with Gasteiger partial charge in [-0.05, 0) is 18.9 Å². The van der Waals surface area contributed by atoms with Crippen LogP contribution in [0, 0.1) is 12.8 Å². The number of aliphatic carboxylic acids is 1. The first-order valence-electron chi connectivity index (χ1n) is 6.19. The van der Waals surface area contributed by atoms with Crippen LogP contribution in [0.2, 0.25) is 0 Å². The fraction of sp³-hybridized carbons (Fsp3) is 0.429. The van der Waals surface area contributed by atoms with Gasteiger partial charge in [0.25, 0.3) is 0 Å². The van der Waals surface area contributed by atoms with E-state index in [4.69, 9.17) is 10.2 Å². The number of aryl methyl sites for hydroxylation is 1. The fourth-order valence-corrected chi connectivity index (χ4v) is 1.75. The topological polar surface area (TPSA) is 86.6 Å². The summed E-state index contributed by atoms with van der Waals surface area (Å²) in [6.07, 6.45) is 0.241. The van der Waals surface area contributed by atoms with Crippen LogP contribution in [0.3, 0.4) is 0 Å². The number of carboxylic acid groups (broad SMARTS) is 1. The highest BCUT2D eigenvalue weighted by atomic mass is 16.4. The SMILES string of the molecule is Cc1ccc(CC(CC(=O)NCCO)C(=O)O)cc1. The Morgan fingerprint density at radius 2 is 1.89 bits per heavy atom. The van der Waals surface area contributed by atoms with Gasteiger partial charge in [-0.1, -0.05) is 29.8 Å². The van der Waals surface area contributed by atoms with Crippen LogP contribution in [0.5, 0.6) is 0 Å². The molecule has 1 amide bonds. The number of amides is 1. The molecule has 0 aliphatic carbocycles. The fourth-order valence-electron chi connectivity index (χ4n) is 1.75. The van der Waals surface area contributed by atoms with Crippen LogP contribution in [0.25, 0.3) is 0 Å². The summed E-state index contributed by atoms with van der Waals surface area (Å²) in [5.74, 6) is -2.09. The number of aliphatic hydroxyl groups excluding tert-OH is 1. The smallest absolute Gasteiger partial charge is 0.307 e. The first-order valence-corrected chi connectivity index (χ1v) is 6.19. The summed E-state index contributed by atoms with van der Waals surface area (Å²) >= 11 is 0. The molecule has 1 rings (SSSR count). The predicted molar refractivity (Wildman–Crippen MR) is 70.7 cm³/mol. The molecule has 3 N–H and O–H groups in total. The van der Waals surface area contributed by atoms with Crippen molar-refractivity contribution in [2.75, 3.05) is 13.2 Å². The minimum atomic E-state index is -0.986. The normalized spacial score (nSPS) is 11.9. The number of nitrogens with one attached hydrogen (secondary N) is 1. The third kappa shape index (κ3) is 5.52. The molecule has 5 nitrogen and oxygen atoms in total. The molecule has 1 aromatic rings. The van der Waals surface area contributed by atoms with E-state index in [2.05, 4.69) is 5.32 Å². The zero-order valence-corrected chi connectivity index (χ0v) is 10.9. The maximum absolute atomic E-state index is 11.5. The van der Waals surface area contributed by atoms with E-state index < -0.39 is 11.9 Å². The molecule has 0 heterocycles. The van der Waals surface area contributed by atoms with E-state index in [-0.39, 0.29) is 25.5 Å². The van der Waals surface area contributed by atoms with Crippen LogP contribution in [0.1, 0.15) is 17.5 Å². The van der Waals surface area contributed by atoms with Crippen LogP contribution >= 0.6 is 0 Å². The number of rotatable bonds is 7. The molecule has 0 aliphatic heterocycles. The van der Waals surface area contributed by atoms with Crippen molar-refractivity contribution in [3.05, 3.63) is 35.4 Å². The van der Waals surface area contributed by atoms with Crippen molar-refractivity contribution in [1.29, 1.82) is 0 Å². The van der Waals surface area contributed by atoms with Gasteiger partial charge in [-0.25, -0.2) is 0 Å². The molecule has 19 heavy (non-hydrogen) atoms. The number of hydrogen-bond acceptors (Lipinski definition) is 3. The van der Waals surface area contributed by atoms with Gasteiger partial charge in [-0.2, -0.15) is 0 Å². The van der Waals surface area contributed by atoms with Crippen LogP contribution in [-0.4, -0.2) is 35.2 Å². The van der Waals surface area contributed by atoms with E-state index in [0.29, 0.717) is 6.42 Å². The van der Waals surface area contributed by atoms with E-state index in [9.17, 15) is 9.59 Å². The molecule has 0 bridgehead atoms. The van der Waals surface area contributed by atoms with E-state index >= 15 is 0 Å². The lowest BCUT2D eigenvalue weighted by Gasteiger charge is -2.12. The van der Waals surface area contributed by atoms with Crippen molar-refractivity contribution in [3.63, 3.8) is 0 Å². The van der Waals surface area contributed by atoms with Gasteiger partial charge >= 0.3 is 5.97 Å². The zero-order valence-electron chi connectivity index (χ0n) is 10.9. The maximum Gasteiger partial charge on any atom is 0.307 e. The molecule has 1 atom stereocenters. The molecule has 0 aliphatic rings. The highest BCUT2D eigenvalue weighted by molar-refractivity contribution is 5.82. The molecule has 104 valence electrons. The lowest BCUT2D eigenvalue weighted by molar-refractivity contribution is -0.144. The van der Waals surface area contributed by atoms with E-state index in [1.54, 1.807) is 0 Å². The Bertz CT molecular complexity index is 428. The lowest BCUT2D eigenvalue weighted by atomic mass is 9.95.